The minimum atomic E-state index is -0.368. The van der Waals surface area contributed by atoms with Gasteiger partial charge >= 0.3 is 0 Å². The zero-order valence-corrected chi connectivity index (χ0v) is 14.6. The maximum atomic E-state index is 13.0. The van der Waals surface area contributed by atoms with Gasteiger partial charge in [-0.05, 0) is 35.4 Å². The highest BCUT2D eigenvalue weighted by molar-refractivity contribution is 6.31. The molecule has 3 rings (SSSR count). The lowest BCUT2D eigenvalue weighted by atomic mass is 10.1. The number of benzene rings is 2. The highest BCUT2D eigenvalue weighted by Crippen LogP contribution is 2.21. The first-order valence-corrected chi connectivity index (χ1v) is 8.39. The number of methoxy groups -OCH3 is 1. The second-order valence-electron chi connectivity index (χ2n) is 5.99. The molecule has 25 heavy (non-hydrogen) atoms. The first kappa shape index (κ1) is 17.7. The number of hydrogen-bond donors (Lipinski definition) is 0. The van der Waals surface area contributed by atoms with Gasteiger partial charge in [-0.3, -0.25) is 4.79 Å². The predicted octanol–water partition coefficient (Wildman–Crippen LogP) is 3.46. The summed E-state index contributed by atoms with van der Waals surface area (Å²) in [5.41, 5.74) is 1.69. The lowest BCUT2D eigenvalue weighted by Crippen LogP contribution is -2.55. The van der Waals surface area contributed by atoms with Gasteiger partial charge in [0.15, 0.2) is 0 Å². The summed E-state index contributed by atoms with van der Waals surface area (Å²) < 4.78 is 23.8. The van der Waals surface area contributed by atoms with Crippen LogP contribution in [0.2, 0.25) is 5.02 Å². The molecule has 0 spiro atoms. The first-order valence-electron chi connectivity index (χ1n) is 8.01. The van der Waals surface area contributed by atoms with E-state index in [1.807, 2.05) is 24.3 Å². The number of halogens is 2. The lowest BCUT2D eigenvalue weighted by Gasteiger charge is -2.39. The van der Waals surface area contributed by atoms with Crippen molar-refractivity contribution >= 4 is 17.5 Å². The number of amides is 1. The van der Waals surface area contributed by atoms with Crippen molar-refractivity contribution in [2.45, 2.75) is 19.1 Å². The summed E-state index contributed by atoms with van der Waals surface area (Å²) in [5.74, 6) is 0.477. The van der Waals surface area contributed by atoms with Crippen LogP contribution in [-0.2, 0) is 22.6 Å². The topological polar surface area (TPSA) is 38.8 Å². The second kappa shape index (κ2) is 7.85. The van der Waals surface area contributed by atoms with Crippen molar-refractivity contribution in [2.75, 3.05) is 20.2 Å². The third kappa shape index (κ3) is 4.50. The molecule has 1 fully saturated rings. The van der Waals surface area contributed by atoms with Crippen LogP contribution in [0.25, 0.3) is 0 Å². The summed E-state index contributed by atoms with van der Waals surface area (Å²) in [6.07, 6.45) is 0.349. The molecule has 4 nitrogen and oxygen atoms in total. The van der Waals surface area contributed by atoms with Gasteiger partial charge in [-0.2, -0.15) is 0 Å². The molecule has 2 aromatic carbocycles. The maximum Gasteiger partial charge on any atom is 0.227 e. The van der Waals surface area contributed by atoms with Gasteiger partial charge < -0.3 is 14.4 Å². The predicted molar refractivity (Wildman–Crippen MR) is 93.3 cm³/mol. The molecular weight excluding hydrogens is 345 g/mol. The molecule has 1 aliphatic rings. The Morgan fingerprint density at radius 1 is 1.24 bits per heavy atom. The van der Waals surface area contributed by atoms with E-state index in [2.05, 4.69) is 0 Å². The molecule has 0 saturated carbocycles. The average molecular weight is 364 g/mol. The van der Waals surface area contributed by atoms with Crippen molar-refractivity contribution in [3.63, 3.8) is 0 Å². The van der Waals surface area contributed by atoms with Gasteiger partial charge in [0.05, 0.1) is 26.2 Å². The van der Waals surface area contributed by atoms with Gasteiger partial charge in [-0.25, -0.2) is 4.39 Å². The van der Waals surface area contributed by atoms with E-state index in [4.69, 9.17) is 21.1 Å². The molecule has 0 aromatic heterocycles. The Hall–Kier alpha value is -2.11. The first-order chi connectivity index (χ1) is 12.0. The third-order valence-electron chi connectivity index (χ3n) is 4.20. The van der Waals surface area contributed by atoms with E-state index in [1.54, 1.807) is 18.1 Å². The smallest absolute Gasteiger partial charge is 0.227 e. The van der Waals surface area contributed by atoms with Crippen LogP contribution in [0, 0.1) is 5.82 Å². The van der Waals surface area contributed by atoms with Crippen molar-refractivity contribution in [3.05, 3.63) is 64.4 Å². The SMILES string of the molecule is COc1ccc(CC(=O)N2CC(OCc3ccc(F)cc3Cl)C2)cc1. The molecule has 1 aliphatic heterocycles. The molecule has 0 aliphatic carbocycles. The number of nitrogens with zero attached hydrogens (tertiary/aromatic N) is 1. The number of hydrogen-bond acceptors (Lipinski definition) is 3. The van der Waals surface area contributed by atoms with Crippen molar-refractivity contribution in [2.24, 2.45) is 0 Å². The minimum absolute atomic E-state index is 0.0130. The Labute approximate surface area is 151 Å². The Bertz CT molecular complexity index is 745. The van der Waals surface area contributed by atoms with Crippen LogP contribution in [0.4, 0.5) is 4.39 Å². The molecular formula is C19H19ClFNO3. The molecule has 6 heteroatoms. The Balaban J connectivity index is 1.43. The van der Waals surface area contributed by atoms with Crippen LogP contribution < -0.4 is 4.74 Å². The number of carbonyl (C=O) groups is 1. The average Bonchev–Trinajstić information content (AvgIpc) is 2.55. The largest absolute Gasteiger partial charge is 0.497 e. The normalized spacial score (nSPS) is 14.3. The van der Waals surface area contributed by atoms with E-state index in [0.717, 1.165) is 16.9 Å². The molecule has 0 bridgehead atoms. The van der Waals surface area contributed by atoms with Crippen molar-refractivity contribution in [3.8, 4) is 5.75 Å². The summed E-state index contributed by atoms with van der Waals surface area (Å²) in [6.45, 7) is 1.44. The highest BCUT2D eigenvalue weighted by Gasteiger charge is 2.31. The van der Waals surface area contributed by atoms with E-state index in [0.29, 0.717) is 31.1 Å². The molecule has 1 amide bonds. The zero-order chi connectivity index (χ0) is 17.8. The van der Waals surface area contributed by atoms with Gasteiger partial charge in [0.2, 0.25) is 5.91 Å². The quantitative estimate of drug-likeness (QED) is 0.789. The van der Waals surface area contributed by atoms with Crippen LogP contribution in [-0.4, -0.2) is 37.1 Å². The van der Waals surface area contributed by atoms with E-state index < -0.39 is 0 Å². The minimum Gasteiger partial charge on any atom is -0.497 e. The van der Waals surface area contributed by atoms with Gasteiger partial charge in [0, 0.05) is 18.1 Å². The standard InChI is InChI=1S/C19H19ClFNO3/c1-24-16-6-2-13(3-7-16)8-19(23)22-10-17(11-22)25-12-14-4-5-15(21)9-18(14)20/h2-7,9,17H,8,10-12H2,1H3. The van der Waals surface area contributed by atoms with Crippen molar-refractivity contribution < 1.29 is 18.7 Å². The number of carbonyl (C=O) groups excluding carboxylic acids is 1. The van der Waals surface area contributed by atoms with Gasteiger partial charge in [0.1, 0.15) is 11.6 Å². The van der Waals surface area contributed by atoms with E-state index in [1.165, 1.54) is 12.1 Å². The number of rotatable bonds is 6. The monoisotopic (exact) mass is 363 g/mol. The van der Waals surface area contributed by atoms with Gasteiger partial charge in [0.25, 0.3) is 0 Å². The van der Waals surface area contributed by atoms with Crippen LogP contribution in [0.5, 0.6) is 5.75 Å². The summed E-state index contributed by atoms with van der Waals surface area (Å²) in [7, 11) is 1.61. The molecule has 1 heterocycles. The Kier molecular flexibility index (Phi) is 5.56. The van der Waals surface area contributed by atoms with Crippen LogP contribution in [0.15, 0.2) is 42.5 Å². The molecule has 2 aromatic rings. The highest BCUT2D eigenvalue weighted by atomic mass is 35.5. The summed E-state index contributed by atoms with van der Waals surface area (Å²) >= 11 is 5.97. The molecule has 0 unspecified atom stereocenters. The summed E-state index contributed by atoms with van der Waals surface area (Å²) in [6, 6.07) is 11.7. The molecule has 132 valence electrons. The van der Waals surface area contributed by atoms with Gasteiger partial charge in [-0.15, -0.1) is 0 Å². The fourth-order valence-corrected chi connectivity index (χ4v) is 2.85. The van der Waals surface area contributed by atoms with Crippen LogP contribution in [0.3, 0.4) is 0 Å². The Morgan fingerprint density at radius 3 is 2.60 bits per heavy atom. The third-order valence-corrected chi connectivity index (χ3v) is 4.56. The lowest BCUT2D eigenvalue weighted by molar-refractivity contribution is -0.145. The molecule has 0 N–H and O–H groups in total. The van der Waals surface area contributed by atoms with Crippen molar-refractivity contribution in [1.29, 1.82) is 0 Å². The van der Waals surface area contributed by atoms with Crippen LogP contribution >= 0.6 is 11.6 Å². The maximum absolute atomic E-state index is 13.0. The summed E-state index contributed by atoms with van der Waals surface area (Å²) in [4.78, 5) is 14.0. The Morgan fingerprint density at radius 2 is 1.96 bits per heavy atom. The molecule has 0 atom stereocenters. The number of likely N-dealkylation sites (tertiary alicyclic amines) is 1. The fourth-order valence-electron chi connectivity index (χ4n) is 2.62. The van der Waals surface area contributed by atoms with E-state index >= 15 is 0 Å². The van der Waals surface area contributed by atoms with Crippen LogP contribution in [0.1, 0.15) is 11.1 Å². The second-order valence-corrected chi connectivity index (χ2v) is 6.40. The van der Waals surface area contributed by atoms with Crippen molar-refractivity contribution in [1.82, 2.24) is 4.90 Å². The van der Waals surface area contributed by atoms with E-state index in [-0.39, 0.29) is 17.8 Å². The summed E-state index contributed by atoms with van der Waals surface area (Å²) in [5, 5.41) is 0.353. The number of ether oxygens (including phenoxy) is 2. The molecule has 1 saturated heterocycles. The fraction of sp³-hybridized carbons (Fsp3) is 0.316. The molecule has 0 radical (unpaired) electrons. The van der Waals surface area contributed by atoms with E-state index in [9.17, 15) is 9.18 Å². The zero-order valence-electron chi connectivity index (χ0n) is 13.9. The van der Waals surface area contributed by atoms with Gasteiger partial charge in [-0.1, -0.05) is 29.8 Å².